The van der Waals surface area contributed by atoms with Gasteiger partial charge in [-0.25, -0.2) is 15.0 Å². The van der Waals surface area contributed by atoms with Gasteiger partial charge in [0, 0.05) is 54.7 Å². The van der Waals surface area contributed by atoms with Crippen LogP contribution in [0.1, 0.15) is 31.7 Å². The zero-order valence-electron chi connectivity index (χ0n) is 21.8. The summed E-state index contributed by atoms with van der Waals surface area (Å²) >= 11 is 1.52. The second kappa shape index (κ2) is 12.6. The molecule has 5 rings (SSSR count). The van der Waals surface area contributed by atoms with Gasteiger partial charge in [-0.3, -0.25) is 4.39 Å². The molecule has 2 saturated heterocycles. The Bertz CT molecular complexity index is 1210. The maximum atomic E-state index is 12.1. The summed E-state index contributed by atoms with van der Waals surface area (Å²) in [5, 5.41) is 15.9. The van der Waals surface area contributed by atoms with Crippen LogP contribution in [0.3, 0.4) is 0 Å². The van der Waals surface area contributed by atoms with Gasteiger partial charge < -0.3 is 19.6 Å². The lowest BCUT2D eigenvalue weighted by Gasteiger charge is -2.42. The van der Waals surface area contributed by atoms with Crippen molar-refractivity contribution in [2.75, 3.05) is 56.4 Å². The average Bonchev–Trinajstić information content (AvgIpc) is 3.52. The van der Waals surface area contributed by atoms with E-state index in [4.69, 9.17) is 9.72 Å². The number of fused-ring (bicyclic) bond motifs is 1. The third kappa shape index (κ3) is 5.68. The van der Waals surface area contributed by atoms with E-state index in [-0.39, 0.29) is 5.92 Å². The zero-order valence-corrected chi connectivity index (χ0v) is 22.6. The Morgan fingerprint density at radius 1 is 1.16 bits per heavy atom. The molecule has 1 aromatic carbocycles. The minimum absolute atomic E-state index is 0.00143. The second-order valence-corrected chi connectivity index (χ2v) is 10.2. The maximum absolute atomic E-state index is 12.1. The molecule has 2 aromatic heterocycles. The van der Waals surface area contributed by atoms with Gasteiger partial charge in [0.1, 0.15) is 22.8 Å². The number of thiazole rings is 1. The molecule has 2 aliphatic heterocycles. The first-order valence-electron chi connectivity index (χ1n) is 12.7. The fourth-order valence-corrected chi connectivity index (χ4v) is 6.14. The second-order valence-electron chi connectivity index (χ2n) is 9.26. The number of alkyl halides is 1. The Hall–Kier alpha value is -2.88. The molecule has 3 aromatic rings. The summed E-state index contributed by atoms with van der Waals surface area (Å²) in [6.07, 6.45) is 11.3. The Labute approximate surface area is 222 Å². The monoisotopic (exact) mass is 525 g/mol. The quantitative estimate of drug-likeness (QED) is 0.447. The molecular weight excluding hydrogens is 489 g/mol. The Kier molecular flexibility index (Phi) is 9.23. The fourth-order valence-electron chi connectivity index (χ4n) is 5.26. The normalized spacial score (nSPS) is 20.6. The van der Waals surface area contributed by atoms with Crippen LogP contribution in [0.25, 0.3) is 10.9 Å². The van der Waals surface area contributed by atoms with Crippen molar-refractivity contribution in [1.82, 2.24) is 15.0 Å². The first kappa shape index (κ1) is 27.2. The van der Waals surface area contributed by atoms with Crippen molar-refractivity contribution >= 4 is 33.7 Å². The molecular formula is C28H36FN5O2S. The molecule has 198 valence electrons. The fraction of sp³-hybridized carbons (Fsp3) is 0.464. The summed E-state index contributed by atoms with van der Waals surface area (Å²) < 4.78 is 15.0. The number of anilines is 2. The minimum Gasteiger partial charge on any atom is -0.378 e. The number of aliphatic hydroxyl groups is 1. The molecule has 0 spiro atoms. The summed E-state index contributed by atoms with van der Waals surface area (Å²) in [6.45, 7) is 8.90. The van der Waals surface area contributed by atoms with Crippen LogP contribution in [0, 0.1) is 5.92 Å². The number of morpholine rings is 1. The van der Waals surface area contributed by atoms with Gasteiger partial charge in [0.05, 0.1) is 25.9 Å². The van der Waals surface area contributed by atoms with Gasteiger partial charge in [-0.05, 0) is 50.5 Å². The van der Waals surface area contributed by atoms with Crippen LogP contribution in [0.15, 0.2) is 59.9 Å². The predicted octanol–water partition coefficient (Wildman–Crippen LogP) is 5.14. The van der Waals surface area contributed by atoms with E-state index in [0.717, 1.165) is 73.0 Å². The van der Waals surface area contributed by atoms with Gasteiger partial charge >= 0.3 is 0 Å². The van der Waals surface area contributed by atoms with Gasteiger partial charge in [-0.2, -0.15) is 0 Å². The van der Waals surface area contributed by atoms with Crippen molar-refractivity contribution in [2.24, 2.45) is 5.92 Å². The third-order valence-corrected chi connectivity index (χ3v) is 8.08. The molecule has 0 bridgehead atoms. The number of hydrogen-bond donors (Lipinski definition) is 1. The number of aromatic nitrogens is 3. The van der Waals surface area contributed by atoms with Gasteiger partial charge in [0.25, 0.3) is 0 Å². The number of rotatable bonds is 6. The molecule has 37 heavy (non-hydrogen) atoms. The molecule has 2 aliphatic rings. The number of halogens is 1. The Morgan fingerprint density at radius 2 is 1.97 bits per heavy atom. The van der Waals surface area contributed by atoms with E-state index < -0.39 is 5.60 Å². The van der Waals surface area contributed by atoms with Crippen LogP contribution in [-0.4, -0.2) is 66.6 Å². The van der Waals surface area contributed by atoms with Gasteiger partial charge in [-0.1, -0.05) is 18.2 Å². The first-order valence-corrected chi connectivity index (χ1v) is 13.6. The average molecular weight is 526 g/mol. The SMILES string of the molecule is C/C=C\C=C(/C)C(O)(c1nccs1)C1CCCN(c2ncnc3cc(N4CCOCC4)ccc23)C1.CF. The summed E-state index contributed by atoms with van der Waals surface area (Å²) in [6, 6.07) is 6.46. The number of hydrogen-bond acceptors (Lipinski definition) is 8. The molecule has 2 atom stereocenters. The Balaban J connectivity index is 0.00000156. The topological polar surface area (TPSA) is 74.6 Å². The molecule has 7 nitrogen and oxygen atoms in total. The molecule has 9 heteroatoms. The van der Waals surface area contributed by atoms with E-state index in [1.165, 1.54) is 17.0 Å². The molecule has 1 N–H and O–H groups in total. The van der Waals surface area contributed by atoms with Crippen LogP contribution in [-0.2, 0) is 10.3 Å². The summed E-state index contributed by atoms with van der Waals surface area (Å²) in [5.74, 6) is 0.936. The van der Waals surface area contributed by atoms with E-state index >= 15 is 0 Å². The number of piperidine rings is 1. The van der Waals surface area contributed by atoms with Crippen LogP contribution >= 0.6 is 11.3 Å². The smallest absolute Gasteiger partial charge is 0.141 e. The van der Waals surface area contributed by atoms with Gasteiger partial charge in [0.15, 0.2) is 0 Å². The zero-order chi connectivity index (χ0) is 26.3. The number of allylic oxidation sites excluding steroid dienone is 3. The largest absolute Gasteiger partial charge is 0.378 e. The highest BCUT2D eigenvalue weighted by molar-refractivity contribution is 7.09. The lowest BCUT2D eigenvalue weighted by atomic mass is 9.77. The van der Waals surface area contributed by atoms with Crippen LogP contribution in [0.5, 0.6) is 0 Å². The molecule has 0 aliphatic carbocycles. The van der Waals surface area contributed by atoms with Crippen LogP contribution in [0.4, 0.5) is 15.9 Å². The highest BCUT2D eigenvalue weighted by Gasteiger charge is 2.44. The first-order chi connectivity index (χ1) is 18.1. The number of benzene rings is 1. The van der Waals surface area contributed by atoms with Crippen molar-refractivity contribution in [1.29, 1.82) is 0 Å². The van der Waals surface area contributed by atoms with E-state index in [1.54, 1.807) is 12.5 Å². The van der Waals surface area contributed by atoms with Crippen molar-refractivity contribution in [3.8, 4) is 0 Å². The van der Waals surface area contributed by atoms with E-state index in [2.05, 4.69) is 38.0 Å². The van der Waals surface area contributed by atoms with E-state index in [1.807, 2.05) is 37.5 Å². The maximum Gasteiger partial charge on any atom is 0.141 e. The minimum atomic E-state index is -1.11. The predicted molar refractivity (Wildman–Crippen MR) is 149 cm³/mol. The summed E-state index contributed by atoms with van der Waals surface area (Å²) in [5.41, 5.74) is 1.92. The van der Waals surface area contributed by atoms with Crippen molar-refractivity contribution in [2.45, 2.75) is 32.3 Å². The molecule has 0 radical (unpaired) electrons. The summed E-state index contributed by atoms with van der Waals surface area (Å²) in [4.78, 5) is 18.5. The Morgan fingerprint density at radius 3 is 2.70 bits per heavy atom. The van der Waals surface area contributed by atoms with Crippen molar-refractivity contribution < 1.29 is 14.2 Å². The standard InChI is InChI=1S/C27H33N5O2S.CH3F/c1-3-4-6-20(2)27(33,26-28-10-16-35-26)21-7-5-11-32(18-21)25-23-9-8-22(17-24(23)29-19-30-25)31-12-14-34-15-13-31;1-2/h3-4,6,8-10,16-17,19,21,33H,5,7,11-15,18H2,1-2H3;1H3/b4-3-,20-6+;. The lowest BCUT2D eigenvalue weighted by Crippen LogP contribution is -2.47. The van der Waals surface area contributed by atoms with Crippen LogP contribution < -0.4 is 9.80 Å². The van der Waals surface area contributed by atoms with E-state index in [0.29, 0.717) is 13.7 Å². The van der Waals surface area contributed by atoms with Gasteiger partial charge in [0.2, 0.25) is 0 Å². The van der Waals surface area contributed by atoms with Crippen LogP contribution in [0.2, 0.25) is 0 Å². The molecule has 4 heterocycles. The third-order valence-electron chi connectivity index (χ3n) is 7.19. The highest BCUT2D eigenvalue weighted by atomic mass is 32.1. The van der Waals surface area contributed by atoms with E-state index in [9.17, 15) is 9.50 Å². The molecule has 2 unspecified atom stereocenters. The molecule has 2 fully saturated rings. The summed E-state index contributed by atoms with van der Waals surface area (Å²) in [7, 11) is 0.500. The lowest BCUT2D eigenvalue weighted by molar-refractivity contribution is 0.00552. The number of nitrogens with zero attached hydrogens (tertiary/aromatic N) is 5. The van der Waals surface area contributed by atoms with Crippen molar-refractivity contribution in [3.05, 3.63) is 64.9 Å². The van der Waals surface area contributed by atoms with Crippen molar-refractivity contribution in [3.63, 3.8) is 0 Å². The molecule has 0 amide bonds. The molecule has 0 saturated carbocycles. The van der Waals surface area contributed by atoms with Gasteiger partial charge in [-0.15, -0.1) is 11.3 Å². The number of ether oxygens (including phenoxy) is 1. The highest BCUT2D eigenvalue weighted by Crippen LogP contribution is 2.43.